The van der Waals surface area contributed by atoms with Gasteiger partial charge in [0.1, 0.15) is 0 Å². The number of unbranched alkanes of at least 4 members (excludes halogenated alkanes) is 2. The summed E-state index contributed by atoms with van der Waals surface area (Å²) in [5.41, 5.74) is 2.07. The van der Waals surface area contributed by atoms with Crippen molar-refractivity contribution in [3.63, 3.8) is 0 Å². The maximum absolute atomic E-state index is 12.4. The van der Waals surface area contributed by atoms with Crippen LogP contribution in [0.5, 0.6) is 0 Å². The number of carbonyl (C=O) groups excluding carboxylic acids is 4. The molecule has 0 bridgehead atoms. The second-order valence-electron chi connectivity index (χ2n) is 7.87. The second-order valence-corrected chi connectivity index (χ2v) is 7.87. The molecule has 201 valence electrons. The van der Waals surface area contributed by atoms with Gasteiger partial charge in [-0.2, -0.15) is 0 Å². The molecule has 1 aliphatic rings. The molecule has 12 heteroatoms. The van der Waals surface area contributed by atoms with E-state index >= 15 is 0 Å². The van der Waals surface area contributed by atoms with Crippen LogP contribution in [0.1, 0.15) is 49.9 Å². The summed E-state index contributed by atoms with van der Waals surface area (Å²) in [5.74, 6) is -0.408. The maximum atomic E-state index is 12.4. The van der Waals surface area contributed by atoms with Crippen molar-refractivity contribution in [2.75, 3.05) is 13.1 Å². The summed E-state index contributed by atoms with van der Waals surface area (Å²) < 4.78 is 0. The van der Waals surface area contributed by atoms with E-state index in [0.717, 1.165) is 56.7 Å². The van der Waals surface area contributed by atoms with Gasteiger partial charge in [-0.1, -0.05) is 18.6 Å². The fourth-order valence-electron chi connectivity index (χ4n) is 4.00. The first-order chi connectivity index (χ1) is 17.6. The molecule has 0 aromatic carbocycles. The van der Waals surface area contributed by atoms with E-state index in [-0.39, 0.29) is 26.3 Å². The largest absolute Gasteiger partial charge is 0.573 e. The van der Waals surface area contributed by atoms with Gasteiger partial charge in [-0.25, -0.2) is 0 Å². The quantitative estimate of drug-likeness (QED) is 0.154. The summed E-state index contributed by atoms with van der Waals surface area (Å²) in [4.78, 5) is 48.0. The van der Waals surface area contributed by atoms with E-state index in [2.05, 4.69) is 35.2 Å². The zero-order valence-electron chi connectivity index (χ0n) is 20.6. The molecule has 0 spiro atoms. The van der Waals surface area contributed by atoms with Gasteiger partial charge in [-0.3, -0.25) is 26.5 Å². The Bertz CT molecular complexity index is 779. The van der Waals surface area contributed by atoms with Crippen LogP contribution in [0, 0.1) is 0 Å². The standard InChI is InChI=1S/C22H31BN4O3.CHO.2CO.Re/c28-22(27-16-8-11-21(27)23(29)30)12-2-1-7-15-26(17-19-9-3-5-13-24-19)18-20-10-4-6-14-25-20;3*1-2;/h3-6,9-10,13-14,21,29-30H,1-2,7-8,11-12,15-18H2;1H;;;/q;3*-1;. The van der Waals surface area contributed by atoms with Crippen molar-refractivity contribution in [2.45, 2.75) is 57.6 Å². The van der Waals surface area contributed by atoms with E-state index in [1.54, 1.807) is 4.90 Å². The molecule has 0 saturated carbocycles. The molecule has 2 aromatic rings. The van der Waals surface area contributed by atoms with Crippen molar-refractivity contribution >= 4 is 33.4 Å². The van der Waals surface area contributed by atoms with Crippen LogP contribution in [-0.4, -0.2) is 82.2 Å². The third-order valence-electron chi connectivity index (χ3n) is 5.55. The van der Waals surface area contributed by atoms with Crippen LogP contribution in [0.3, 0.4) is 0 Å². The first-order valence-corrected chi connectivity index (χ1v) is 11.5. The Balaban J connectivity index is 0. The SMILES string of the molecule is O=C(CCCCCN(Cc1ccccn1)Cc1ccccn1)N1CCCC1B(O)O.[C-]=O.[C-]=O.[CH-]=O.[Re]. The van der Waals surface area contributed by atoms with E-state index in [1.807, 2.05) is 48.8 Å². The predicted molar refractivity (Wildman–Crippen MR) is 134 cm³/mol. The minimum absolute atomic E-state index is 0. The van der Waals surface area contributed by atoms with Gasteiger partial charge in [0.2, 0.25) is 5.91 Å². The molecule has 1 aliphatic heterocycles. The van der Waals surface area contributed by atoms with Crippen LogP contribution in [0.4, 0.5) is 0 Å². The van der Waals surface area contributed by atoms with Crippen LogP contribution in [0.15, 0.2) is 48.8 Å². The summed E-state index contributed by atoms with van der Waals surface area (Å²) in [5, 5.41) is 18.9. The van der Waals surface area contributed by atoms with Crippen LogP contribution in [-0.2, 0) is 52.7 Å². The first-order valence-electron chi connectivity index (χ1n) is 11.5. The predicted octanol–water partition coefficient (Wildman–Crippen LogP) is 0.971. The van der Waals surface area contributed by atoms with Gasteiger partial charge < -0.3 is 42.9 Å². The molecule has 0 aliphatic carbocycles. The second kappa shape index (κ2) is 23.8. The molecule has 3 rings (SSSR count). The zero-order chi connectivity index (χ0) is 27.2. The van der Waals surface area contributed by atoms with Gasteiger partial charge in [0.15, 0.2) is 0 Å². The van der Waals surface area contributed by atoms with Gasteiger partial charge in [0.05, 0.1) is 17.3 Å². The molecule has 1 saturated heterocycles. The van der Waals surface area contributed by atoms with E-state index in [0.29, 0.717) is 19.4 Å². The van der Waals surface area contributed by atoms with Crippen LogP contribution >= 0.6 is 0 Å². The summed E-state index contributed by atoms with van der Waals surface area (Å²) in [6, 6.07) is 11.9. The molecule has 10 nitrogen and oxygen atoms in total. The van der Waals surface area contributed by atoms with Crippen LogP contribution < -0.4 is 0 Å². The maximum Gasteiger partial charge on any atom is 0.475 e. The number of amides is 1. The Hall–Kier alpha value is -2.61. The Morgan fingerprint density at radius 2 is 1.51 bits per heavy atom. The number of carbonyl (C=O) groups is 1. The third-order valence-corrected chi connectivity index (χ3v) is 5.55. The van der Waals surface area contributed by atoms with E-state index < -0.39 is 13.1 Å². The summed E-state index contributed by atoms with van der Waals surface area (Å²) in [6.07, 6.45) is 8.34. The molecule has 1 amide bonds. The van der Waals surface area contributed by atoms with Crippen LogP contribution in [0.25, 0.3) is 0 Å². The number of rotatable bonds is 11. The van der Waals surface area contributed by atoms with Gasteiger partial charge in [0.25, 0.3) is 0 Å². The van der Waals surface area contributed by atoms with E-state index in [9.17, 15) is 14.8 Å². The Morgan fingerprint density at radius 3 is 1.97 bits per heavy atom. The topological polar surface area (TPSA) is 141 Å². The molecular formula is C25H32BN4O6Re-3. The van der Waals surface area contributed by atoms with Crippen molar-refractivity contribution in [1.29, 1.82) is 0 Å². The summed E-state index contributed by atoms with van der Waals surface area (Å²) in [7, 11) is -1.44. The Kier molecular flexibility index (Phi) is 23.5. The van der Waals surface area contributed by atoms with E-state index in [1.165, 1.54) is 0 Å². The Morgan fingerprint density at radius 1 is 0.973 bits per heavy atom. The number of hydrogen-bond acceptors (Lipinski definition) is 9. The fourth-order valence-corrected chi connectivity index (χ4v) is 4.00. The molecule has 37 heavy (non-hydrogen) atoms. The van der Waals surface area contributed by atoms with Gasteiger partial charge in [-0.15, -0.1) is 0 Å². The Labute approximate surface area is 233 Å². The van der Waals surface area contributed by atoms with E-state index in [4.69, 9.17) is 14.4 Å². The van der Waals surface area contributed by atoms with Gasteiger partial charge in [0, 0.05) is 58.9 Å². The molecule has 2 N–H and O–H groups in total. The third kappa shape index (κ3) is 14.6. The monoisotopic (exact) mass is 682 g/mol. The number of likely N-dealkylation sites (tertiary alicyclic amines) is 1. The first kappa shape index (κ1) is 36.5. The fraction of sp³-hybridized carbons (Fsp3) is 0.440. The van der Waals surface area contributed by atoms with Crippen molar-refractivity contribution < 1.29 is 49.6 Å². The number of aromatic nitrogens is 2. The molecule has 2 aromatic heterocycles. The normalized spacial score (nSPS) is 13.5. The van der Waals surface area contributed by atoms with Crippen molar-refractivity contribution in [3.8, 4) is 0 Å². The minimum Gasteiger partial charge on any atom is -0.573 e. The number of pyridine rings is 2. The molecule has 3 heterocycles. The average molecular weight is 682 g/mol. The van der Waals surface area contributed by atoms with Crippen molar-refractivity contribution in [2.24, 2.45) is 0 Å². The molecule has 1 unspecified atom stereocenters. The van der Waals surface area contributed by atoms with Crippen molar-refractivity contribution in [3.05, 3.63) is 60.2 Å². The number of nitrogens with zero attached hydrogens (tertiary/aromatic N) is 4. The molecule has 1 fully saturated rings. The van der Waals surface area contributed by atoms with Crippen LogP contribution in [0.2, 0.25) is 0 Å². The number of hydrogen-bond donors (Lipinski definition) is 2. The van der Waals surface area contributed by atoms with Gasteiger partial charge >= 0.3 is 7.12 Å². The zero-order valence-corrected chi connectivity index (χ0v) is 23.3. The summed E-state index contributed by atoms with van der Waals surface area (Å²) in [6.45, 7) is 15.3. The van der Waals surface area contributed by atoms with Gasteiger partial charge in [-0.05, 0) is 56.5 Å². The minimum atomic E-state index is -1.44. The smallest absolute Gasteiger partial charge is 0.475 e. The molecule has 1 atom stereocenters. The molecule has 3 radical (unpaired) electrons. The molecular weight excluding hydrogens is 649 g/mol. The average Bonchev–Trinajstić information content (AvgIpc) is 3.44. The van der Waals surface area contributed by atoms with Crippen molar-refractivity contribution in [1.82, 2.24) is 19.8 Å². The summed E-state index contributed by atoms with van der Waals surface area (Å²) >= 11 is 0.